The van der Waals surface area contributed by atoms with Crippen molar-refractivity contribution in [2.45, 2.75) is 31.7 Å². The van der Waals surface area contributed by atoms with E-state index < -0.39 is 0 Å². The fourth-order valence-corrected chi connectivity index (χ4v) is 2.47. The molecule has 0 fully saturated rings. The van der Waals surface area contributed by atoms with Gasteiger partial charge >= 0.3 is 0 Å². The maximum Gasteiger partial charge on any atom is 0.145 e. The highest BCUT2D eigenvalue weighted by Gasteiger charge is 2.29. The predicted molar refractivity (Wildman–Crippen MR) is 82.6 cm³/mol. The summed E-state index contributed by atoms with van der Waals surface area (Å²) in [5.74, 6) is -0.367. The molecule has 0 aliphatic rings. The number of nitrogens with two attached hydrogens (primary N) is 1. The number of benzene rings is 2. The van der Waals surface area contributed by atoms with Crippen molar-refractivity contribution in [3.63, 3.8) is 0 Å². The lowest BCUT2D eigenvalue weighted by atomic mass is 9.76. The van der Waals surface area contributed by atoms with Gasteiger partial charge in [-0.2, -0.15) is 0 Å². The summed E-state index contributed by atoms with van der Waals surface area (Å²) in [6.45, 7) is 4.16. The summed E-state index contributed by atoms with van der Waals surface area (Å²) in [6.07, 6.45) is 0.453. The Morgan fingerprint density at radius 1 is 1.10 bits per heavy atom. The molecule has 0 aliphatic heterocycles. The van der Waals surface area contributed by atoms with Crippen LogP contribution >= 0.6 is 11.6 Å². The quantitative estimate of drug-likeness (QED) is 0.891. The molecule has 2 rings (SSSR count). The molecule has 0 bridgehead atoms. The first-order valence-electron chi connectivity index (χ1n) is 6.67. The van der Waals surface area contributed by atoms with Crippen molar-refractivity contribution in [3.8, 4) is 0 Å². The van der Waals surface area contributed by atoms with Crippen molar-refractivity contribution in [2.75, 3.05) is 0 Å². The average Bonchev–Trinajstić information content (AvgIpc) is 2.44. The first-order valence-corrected chi connectivity index (χ1v) is 7.04. The van der Waals surface area contributed by atoms with E-state index in [2.05, 4.69) is 13.8 Å². The second-order valence-corrected chi connectivity index (χ2v) is 6.02. The Hall–Kier alpha value is -1.38. The van der Waals surface area contributed by atoms with Gasteiger partial charge in [-0.1, -0.05) is 67.9 Å². The molecular formula is C17H19ClFN. The van der Waals surface area contributed by atoms with E-state index in [0.29, 0.717) is 12.0 Å². The minimum Gasteiger partial charge on any atom is -0.327 e. The molecule has 0 saturated carbocycles. The minimum atomic E-state index is -0.367. The van der Waals surface area contributed by atoms with Crippen LogP contribution in [0, 0.1) is 5.82 Å². The van der Waals surface area contributed by atoms with Crippen LogP contribution in [0.25, 0.3) is 0 Å². The van der Waals surface area contributed by atoms with Crippen LogP contribution in [0.3, 0.4) is 0 Å². The van der Waals surface area contributed by atoms with Gasteiger partial charge in [-0.15, -0.1) is 0 Å². The van der Waals surface area contributed by atoms with E-state index >= 15 is 0 Å². The summed E-state index contributed by atoms with van der Waals surface area (Å²) < 4.78 is 14.0. The summed E-state index contributed by atoms with van der Waals surface area (Å²) in [6, 6.07) is 14.9. The van der Waals surface area contributed by atoms with Gasteiger partial charge in [0.05, 0.1) is 5.02 Å². The minimum absolute atomic E-state index is 0.146. The van der Waals surface area contributed by atoms with Crippen LogP contribution in [-0.4, -0.2) is 6.04 Å². The van der Waals surface area contributed by atoms with Crippen molar-refractivity contribution in [1.29, 1.82) is 0 Å². The molecule has 2 N–H and O–H groups in total. The van der Waals surface area contributed by atoms with Crippen molar-refractivity contribution in [2.24, 2.45) is 5.73 Å². The molecule has 0 aliphatic carbocycles. The SMILES string of the molecule is CC(C)(c1ccccc1)C(N)Cc1cccc(Cl)c1F. The first-order chi connectivity index (χ1) is 9.43. The Bertz CT molecular complexity index is 581. The Labute approximate surface area is 124 Å². The van der Waals surface area contributed by atoms with E-state index in [-0.39, 0.29) is 22.3 Å². The molecule has 1 nitrogen and oxygen atoms in total. The molecule has 106 valence electrons. The predicted octanol–water partition coefficient (Wildman–Crippen LogP) is 4.33. The van der Waals surface area contributed by atoms with Gasteiger partial charge in [0.15, 0.2) is 0 Å². The van der Waals surface area contributed by atoms with Crippen molar-refractivity contribution >= 4 is 11.6 Å². The molecular weight excluding hydrogens is 273 g/mol. The fraction of sp³-hybridized carbons (Fsp3) is 0.294. The summed E-state index contributed by atoms with van der Waals surface area (Å²) in [7, 11) is 0. The van der Waals surface area contributed by atoms with Crippen LogP contribution in [0.15, 0.2) is 48.5 Å². The average molecular weight is 292 g/mol. The summed E-state index contributed by atoms with van der Waals surface area (Å²) >= 11 is 5.81. The van der Waals surface area contributed by atoms with Gasteiger partial charge in [-0.05, 0) is 23.6 Å². The lowest BCUT2D eigenvalue weighted by Crippen LogP contribution is -2.42. The maximum absolute atomic E-state index is 14.0. The Balaban J connectivity index is 2.23. The normalized spacial score (nSPS) is 13.2. The number of rotatable bonds is 4. The lowest BCUT2D eigenvalue weighted by molar-refractivity contribution is 0.402. The van der Waals surface area contributed by atoms with Crippen LogP contribution in [0.5, 0.6) is 0 Å². The Morgan fingerprint density at radius 2 is 1.75 bits per heavy atom. The zero-order valence-corrected chi connectivity index (χ0v) is 12.5. The second-order valence-electron chi connectivity index (χ2n) is 5.61. The standard InChI is InChI=1S/C17H19ClFN/c1-17(2,13-8-4-3-5-9-13)15(20)11-12-7-6-10-14(18)16(12)19/h3-10,15H,11,20H2,1-2H3. The molecule has 0 amide bonds. The van der Waals surface area contributed by atoms with E-state index in [1.807, 2.05) is 30.3 Å². The van der Waals surface area contributed by atoms with Gasteiger partial charge < -0.3 is 5.73 Å². The van der Waals surface area contributed by atoms with Crippen LogP contribution in [0.4, 0.5) is 4.39 Å². The van der Waals surface area contributed by atoms with Gasteiger partial charge in [0.2, 0.25) is 0 Å². The molecule has 2 aromatic carbocycles. The molecule has 0 spiro atoms. The summed E-state index contributed by atoms with van der Waals surface area (Å²) in [5, 5.41) is 0.146. The van der Waals surface area contributed by atoms with Crippen molar-refractivity contribution in [3.05, 3.63) is 70.5 Å². The van der Waals surface area contributed by atoms with Crippen molar-refractivity contribution in [1.82, 2.24) is 0 Å². The lowest BCUT2D eigenvalue weighted by Gasteiger charge is -2.32. The molecule has 3 heteroatoms. The van der Waals surface area contributed by atoms with Gasteiger partial charge in [-0.25, -0.2) is 4.39 Å². The van der Waals surface area contributed by atoms with E-state index in [0.717, 1.165) is 5.56 Å². The van der Waals surface area contributed by atoms with Gasteiger partial charge in [0.1, 0.15) is 5.82 Å². The zero-order valence-electron chi connectivity index (χ0n) is 11.7. The van der Waals surface area contributed by atoms with Crippen LogP contribution in [0.1, 0.15) is 25.0 Å². The highest BCUT2D eigenvalue weighted by molar-refractivity contribution is 6.30. The van der Waals surface area contributed by atoms with Gasteiger partial charge in [0, 0.05) is 11.5 Å². The van der Waals surface area contributed by atoms with Gasteiger partial charge in [0.25, 0.3) is 0 Å². The zero-order chi connectivity index (χ0) is 14.8. The largest absolute Gasteiger partial charge is 0.327 e. The molecule has 1 atom stereocenters. The van der Waals surface area contributed by atoms with E-state index in [1.165, 1.54) is 0 Å². The number of hydrogen-bond acceptors (Lipinski definition) is 1. The van der Waals surface area contributed by atoms with Crippen molar-refractivity contribution < 1.29 is 4.39 Å². The van der Waals surface area contributed by atoms with E-state index in [1.54, 1.807) is 18.2 Å². The second kappa shape index (κ2) is 5.94. The van der Waals surface area contributed by atoms with Crippen LogP contribution < -0.4 is 5.73 Å². The van der Waals surface area contributed by atoms with E-state index in [9.17, 15) is 4.39 Å². The molecule has 1 unspecified atom stereocenters. The number of halogens is 2. The Morgan fingerprint density at radius 3 is 2.40 bits per heavy atom. The molecule has 20 heavy (non-hydrogen) atoms. The molecule has 0 heterocycles. The van der Waals surface area contributed by atoms with Crippen LogP contribution in [0.2, 0.25) is 5.02 Å². The maximum atomic E-state index is 14.0. The third-order valence-corrected chi connectivity index (χ3v) is 4.21. The Kier molecular flexibility index (Phi) is 4.46. The summed E-state index contributed by atoms with van der Waals surface area (Å²) in [4.78, 5) is 0. The topological polar surface area (TPSA) is 26.0 Å². The molecule has 0 aromatic heterocycles. The van der Waals surface area contributed by atoms with Crippen LogP contribution in [-0.2, 0) is 11.8 Å². The first kappa shape index (κ1) is 15.0. The highest BCUT2D eigenvalue weighted by Crippen LogP contribution is 2.29. The highest BCUT2D eigenvalue weighted by atomic mass is 35.5. The molecule has 0 radical (unpaired) electrons. The fourth-order valence-electron chi connectivity index (χ4n) is 2.28. The van der Waals surface area contributed by atoms with E-state index in [4.69, 9.17) is 17.3 Å². The van der Waals surface area contributed by atoms with Gasteiger partial charge in [-0.3, -0.25) is 0 Å². The number of hydrogen-bond donors (Lipinski definition) is 1. The summed E-state index contributed by atoms with van der Waals surface area (Å²) in [5.41, 5.74) is 7.80. The molecule has 2 aromatic rings. The molecule has 0 saturated heterocycles. The smallest absolute Gasteiger partial charge is 0.145 e. The third kappa shape index (κ3) is 3.02. The monoisotopic (exact) mass is 291 g/mol. The third-order valence-electron chi connectivity index (χ3n) is 3.92.